The van der Waals surface area contributed by atoms with E-state index in [1.165, 1.54) is 18.2 Å². The number of benzene rings is 1. The average molecular weight is 331 g/mol. The summed E-state index contributed by atoms with van der Waals surface area (Å²) in [5.74, 6) is -0.166. The van der Waals surface area contributed by atoms with Crippen molar-refractivity contribution in [2.24, 2.45) is 0 Å². The monoisotopic (exact) mass is 330 g/mol. The first-order chi connectivity index (χ1) is 9.97. The molecule has 7 heteroatoms. The number of alkyl halides is 1. The molecule has 1 amide bonds. The Morgan fingerprint density at radius 3 is 2.57 bits per heavy atom. The summed E-state index contributed by atoms with van der Waals surface area (Å²) < 4.78 is 0. The molecule has 114 valence electrons. The number of halogens is 2. The number of nitro benzene ring substituents is 1. The van der Waals surface area contributed by atoms with Gasteiger partial charge in [-0.3, -0.25) is 14.9 Å². The van der Waals surface area contributed by atoms with Crippen LogP contribution in [0.15, 0.2) is 18.2 Å². The summed E-state index contributed by atoms with van der Waals surface area (Å²) in [5.41, 5.74) is -0.746. The summed E-state index contributed by atoms with van der Waals surface area (Å²) in [6.07, 6.45) is 4.70. The van der Waals surface area contributed by atoms with Gasteiger partial charge in [0.2, 0.25) is 0 Å². The molecule has 0 saturated heterocycles. The van der Waals surface area contributed by atoms with Crippen LogP contribution in [0.1, 0.15) is 42.5 Å². The summed E-state index contributed by atoms with van der Waals surface area (Å²) in [7, 11) is 0. The molecule has 1 aliphatic carbocycles. The van der Waals surface area contributed by atoms with Gasteiger partial charge in [0.15, 0.2) is 0 Å². The average Bonchev–Trinajstić information content (AvgIpc) is 2.47. The highest BCUT2D eigenvalue weighted by atomic mass is 35.5. The predicted octanol–water partition coefficient (Wildman–Crippen LogP) is 3.92. The van der Waals surface area contributed by atoms with Crippen molar-refractivity contribution in [2.75, 3.05) is 5.88 Å². The van der Waals surface area contributed by atoms with Gasteiger partial charge in [-0.05, 0) is 25.0 Å². The van der Waals surface area contributed by atoms with Crippen LogP contribution in [0.2, 0.25) is 5.02 Å². The zero-order chi connectivity index (χ0) is 15.5. The second kappa shape index (κ2) is 6.62. The molecule has 1 aromatic carbocycles. The molecule has 1 aromatic rings. The molecular weight excluding hydrogens is 315 g/mol. The molecule has 0 atom stereocenters. The molecule has 0 heterocycles. The van der Waals surface area contributed by atoms with Crippen molar-refractivity contribution in [3.8, 4) is 0 Å². The minimum atomic E-state index is -0.602. The van der Waals surface area contributed by atoms with Crippen molar-refractivity contribution in [1.82, 2.24) is 5.32 Å². The Balaban J connectivity index is 2.25. The maximum atomic E-state index is 12.4. The number of nitrogens with zero attached hydrogens (tertiary/aromatic N) is 1. The number of nitrogens with one attached hydrogen (secondary N) is 1. The molecule has 0 bridgehead atoms. The third-order valence-corrected chi connectivity index (χ3v) is 4.59. The zero-order valence-electron chi connectivity index (χ0n) is 11.4. The first-order valence-electron chi connectivity index (χ1n) is 6.80. The number of hydrogen-bond donors (Lipinski definition) is 1. The van der Waals surface area contributed by atoms with Crippen LogP contribution in [0.4, 0.5) is 5.69 Å². The topological polar surface area (TPSA) is 72.2 Å². The second-order valence-corrected chi connectivity index (χ2v) is 6.05. The molecule has 0 radical (unpaired) electrons. The van der Waals surface area contributed by atoms with Gasteiger partial charge >= 0.3 is 0 Å². The van der Waals surface area contributed by atoms with Crippen molar-refractivity contribution in [3.05, 3.63) is 38.9 Å². The number of carbonyl (C=O) groups excluding carboxylic acids is 1. The lowest BCUT2D eigenvalue weighted by atomic mass is 9.83. The van der Waals surface area contributed by atoms with Gasteiger partial charge < -0.3 is 5.32 Å². The van der Waals surface area contributed by atoms with Gasteiger partial charge in [-0.25, -0.2) is 0 Å². The molecule has 0 aromatic heterocycles. The minimum Gasteiger partial charge on any atom is -0.345 e. The Bertz CT molecular complexity index is 557. The molecule has 1 fully saturated rings. The fourth-order valence-electron chi connectivity index (χ4n) is 2.68. The van der Waals surface area contributed by atoms with Crippen LogP contribution in [0.3, 0.4) is 0 Å². The van der Waals surface area contributed by atoms with Crippen LogP contribution in [0, 0.1) is 10.1 Å². The van der Waals surface area contributed by atoms with E-state index in [9.17, 15) is 14.9 Å². The van der Waals surface area contributed by atoms with E-state index in [1.807, 2.05) is 0 Å². The fourth-order valence-corrected chi connectivity index (χ4v) is 3.18. The van der Waals surface area contributed by atoms with Gasteiger partial charge in [-0.15, -0.1) is 11.6 Å². The van der Waals surface area contributed by atoms with Gasteiger partial charge in [0, 0.05) is 17.0 Å². The lowest BCUT2D eigenvalue weighted by Crippen LogP contribution is -2.51. The number of amides is 1. The minimum absolute atomic E-state index is 0.0134. The summed E-state index contributed by atoms with van der Waals surface area (Å²) in [6.45, 7) is 0. The summed E-state index contributed by atoms with van der Waals surface area (Å²) >= 11 is 11.8. The predicted molar refractivity (Wildman–Crippen MR) is 82.1 cm³/mol. The van der Waals surface area contributed by atoms with E-state index >= 15 is 0 Å². The van der Waals surface area contributed by atoms with Crippen LogP contribution in [-0.2, 0) is 0 Å². The summed E-state index contributed by atoms with van der Waals surface area (Å²) in [4.78, 5) is 22.9. The maximum absolute atomic E-state index is 12.4. The first-order valence-corrected chi connectivity index (χ1v) is 7.71. The molecule has 5 nitrogen and oxygen atoms in total. The Morgan fingerprint density at radius 2 is 2.00 bits per heavy atom. The van der Waals surface area contributed by atoms with Gasteiger partial charge in [-0.1, -0.05) is 30.9 Å². The highest BCUT2D eigenvalue weighted by Gasteiger charge is 2.34. The zero-order valence-corrected chi connectivity index (χ0v) is 12.9. The maximum Gasteiger partial charge on any atom is 0.283 e. The van der Waals surface area contributed by atoms with Gasteiger partial charge in [0.1, 0.15) is 5.56 Å². The third kappa shape index (κ3) is 3.66. The van der Waals surface area contributed by atoms with Crippen LogP contribution in [-0.4, -0.2) is 22.2 Å². The third-order valence-electron chi connectivity index (χ3n) is 3.85. The van der Waals surface area contributed by atoms with Crippen LogP contribution < -0.4 is 5.32 Å². The van der Waals surface area contributed by atoms with Crippen molar-refractivity contribution in [2.45, 2.75) is 37.6 Å². The summed E-state index contributed by atoms with van der Waals surface area (Å²) in [6, 6.07) is 4.03. The quantitative estimate of drug-likeness (QED) is 0.516. The Morgan fingerprint density at radius 1 is 1.33 bits per heavy atom. The standard InChI is InChI=1S/C14H16Cl2N2O3/c15-9-14(6-2-1-3-7-14)17-13(19)11-5-4-10(16)8-12(11)18(20)21/h4-5,8H,1-3,6-7,9H2,(H,17,19). The largest absolute Gasteiger partial charge is 0.345 e. The SMILES string of the molecule is O=C(NC1(CCl)CCCCC1)c1ccc(Cl)cc1[N+](=O)[O-]. The van der Waals surface area contributed by atoms with E-state index in [-0.39, 0.29) is 16.3 Å². The molecule has 1 aliphatic rings. The highest BCUT2D eigenvalue weighted by Crippen LogP contribution is 2.31. The van der Waals surface area contributed by atoms with E-state index in [4.69, 9.17) is 23.2 Å². The van der Waals surface area contributed by atoms with E-state index < -0.39 is 16.4 Å². The van der Waals surface area contributed by atoms with E-state index in [1.54, 1.807) is 0 Å². The van der Waals surface area contributed by atoms with E-state index in [0.29, 0.717) is 5.88 Å². The molecule has 2 rings (SSSR count). The second-order valence-electron chi connectivity index (χ2n) is 5.35. The number of nitro groups is 1. The lowest BCUT2D eigenvalue weighted by molar-refractivity contribution is -0.385. The molecule has 1 saturated carbocycles. The molecule has 0 spiro atoms. The van der Waals surface area contributed by atoms with Crippen LogP contribution in [0.5, 0.6) is 0 Å². The smallest absolute Gasteiger partial charge is 0.283 e. The van der Waals surface area contributed by atoms with Crippen molar-refractivity contribution >= 4 is 34.8 Å². The Hall–Kier alpha value is -1.33. The molecule has 0 unspecified atom stereocenters. The van der Waals surface area contributed by atoms with E-state index in [2.05, 4.69) is 5.32 Å². The van der Waals surface area contributed by atoms with Crippen molar-refractivity contribution in [1.29, 1.82) is 0 Å². The molecule has 0 aliphatic heterocycles. The number of hydrogen-bond acceptors (Lipinski definition) is 3. The van der Waals surface area contributed by atoms with Gasteiger partial charge in [0.05, 0.1) is 10.5 Å². The number of rotatable bonds is 4. The van der Waals surface area contributed by atoms with Crippen LogP contribution in [0.25, 0.3) is 0 Å². The van der Waals surface area contributed by atoms with Crippen molar-refractivity contribution in [3.63, 3.8) is 0 Å². The van der Waals surface area contributed by atoms with Gasteiger partial charge in [-0.2, -0.15) is 0 Å². The fraction of sp³-hybridized carbons (Fsp3) is 0.500. The summed E-state index contributed by atoms with van der Waals surface area (Å²) in [5, 5.41) is 14.2. The molecular formula is C14H16Cl2N2O3. The first kappa shape index (κ1) is 16.0. The highest BCUT2D eigenvalue weighted by molar-refractivity contribution is 6.31. The van der Waals surface area contributed by atoms with Crippen LogP contribution >= 0.6 is 23.2 Å². The van der Waals surface area contributed by atoms with Gasteiger partial charge in [0.25, 0.3) is 11.6 Å². The normalized spacial score (nSPS) is 17.2. The van der Waals surface area contributed by atoms with E-state index in [0.717, 1.165) is 32.1 Å². The molecule has 21 heavy (non-hydrogen) atoms. The molecule has 1 N–H and O–H groups in total. The van der Waals surface area contributed by atoms with Crippen molar-refractivity contribution < 1.29 is 9.72 Å². The Kier molecular flexibility index (Phi) is 5.06. The lowest BCUT2D eigenvalue weighted by Gasteiger charge is -2.36. The number of carbonyl (C=O) groups is 1. The Labute approximate surface area is 132 Å².